The van der Waals surface area contributed by atoms with Gasteiger partial charge in [-0.3, -0.25) is 9.59 Å². The third-order valence-electron chi connectivity index (χ3n) is 7.74. The maximum atomic E-state index is 12.9. The Kier molecular flexibility index (Phi) is 12.3. The average molecular weight is 626 g/mol. The van der Waals surface area contributed by atoms with E-state index in [4.69, 9.17) is 32.7 Å². The topological polar surface area (TPSA) is 93.7 Å². The predicted octanol–water partition coefficient (Wildman–Crippen LogP) is 6.47. The smallest absolute Gasteiger partial charge is 0.328 e. The first-order valence-electron chi connectivity index (χ1n) is 14.6. The van der Waals surface area contributed by atoms with Gasteiger partial charge < -0.3 is 20.1 Å². The molecule has 1 unspecified atom stereocenters. The number of nitrogens with one attached hydrogen (secondary N) is 2. The van der Waals surface area contributed by atoms with E-state index >= 15 is 0 Å². The van der Waals surface area contributed by atoms with Gasteiger partial charge in [0.25, 0.3) is 0 Å². The minimum Gasteiger partial charge on any atom is -0.489 e. The summed E-state index contributed by atoms with van der Waals surface area (Å²) in [4.78, 5) is 37.9. The third-order valence-corrected chi connectivity index (χ3v) is 8.48. The fourth-order valence-corrected chi connectivity index (χ4v) is 5.63. The quantitative estimate of drug-likeness (QED) is 0.213. The Morgan fingerprint density at radius 3 is 2.21 bits per heavy atom. The standard InChI is InChI=1S/C34H38Cl2N2O5/c1-42-34(41)31(20-24-9-15-28(16-10-24)43-22-26-5-3-2-4-6-26)38-33(40)21-25-7-13-27(14-8-25)37-32(39)18-12-23-11-17-29(35)30(36)19-23/h2-6,9-11,15-17,19,25,27,31H,7-8,12-14,18,20-22H2,1H3,(H,37,39)(H,38,40). The molecule has 2 N–H and O–H groups in total. The van der Waals surface area contributed by atoms with E-state index in [1.807, 2.05) is 60.7 Å². The number of hydrogen-bond donors (Lipinski definition) is 2. The third kappa shape index (κ3) is 10.6. The molecule has 4 rings (SSSR count). The summed E-state index contributed by atoms with van der Waals surface area (Å²) in [6.45, 7) is 0.468. The lowest BCUT2D eigenvalue weighted by molar-refractivity contribution is -0.145. The molecule has 1 aliphatic rings. The largest absolute Gasteiger partial charge is 0.489 e. The highest BCUT2D eigenvalue weighted by Gasteiger charge is 2.27. The molecule has 9 heteroatoms. The highest BCUT2D eigenvalue weighted by atomic mass is 35.5. The molecule has 0 saturated heterocycles. The zero-order valence-electron chi connectivity index (χ0n) is 24.3. The summed E-state index contributed by atoms with van der Waals surface area (Å²) >= 11 is 12.0. The van der Waals surface area contributed by atoms with Crippen molar-refractivity contribution in [3.63, 3.8) is 0 Å². The number of esters is 1. The van der Waals surface area contributed by atoms with Gasteiger partial charge in [-0.25, -0.2) is 4.79 Å². The van der Waals surface area contributed by atoms with Crippen LogP contribution in [0.25, 0.3) is 0 Å². The molecule has 1 aliphatic carbocycles. The number of ether oxygens (including phenoxy) is 2. The summed E-state index contributed by atoms with van der Waals surface area (Å²) in [7, 11) is 1.32. The van der Waals surface area contributed by atoms with Crippen LogP contribution in [0, 0.1) is 5.92 Å². The van der Waals surface area contributed by atoms with Crippen molar-refractivity contribution in [3.8, 4) is 5.75 Å². The lowest BCUT2D eigenvalue weighted by atomic mass is 9.83. The Labute approximate surface area is 263 Å². The molecule has 228 valence electrons. The van der Waals surface area contributed by atoms with Gasteiger partial charge in [0.1, 0.15) is 18.4 Å². The van der Waals surface area contributed by atoms with Crippen LogP contribution >= 0.6 is 23.2 Å². The van der Waals surface area contributed by atoms with Crippen LogP contribution in [0.1, 0.15) is 55.2 Å². The minimum absolute atomic E-state index is 0.00368. The van der Waals surface area contributed by atoms with Gasteiger partial charge in [-0.15, -0.1) is 0 Å². The molecule has 1 atom stereocenters. The van der Waals surface area contributed by atoms with Crippen LogP contribution in [0.5, 0.6) is 5.75 Å². The van der Waals surface area contributed by atoms with Crippen LogP contribution in [0.2, 0.25) is 10.0 Å². The van der Waals surface area contributed by atoms with Crippen molar-refractivity contribution in [2.75, 3.05) is 7.11 Å². The molecule has 1 saturated carbocycles. The van der Waals surface area contributed by atoms with Crippen LogP contribution in [0.3, 0.4) is 0 Å². The summed E-state index contributed by atoms with van der Waals surface area (Å²) < 4.78 is 10.8. The normalized spacial score (nSPS) is 17.0. The Bertz CT molecular complexity index is 1360. The SMILES string of the molecule is COC(=O)C(Cc1ccc(OCc2ccccc2)cc1)NC(=O)CC1CCC(NC(=O)CCc2ccc(Cl)c(Cl)c2)CC1. The number of rotatable bonds is 13. The molecular formula is C34H38Cl2N2O5. The number of methoxy groups -OCH3 is 1. The van der Waals surface area contributed by atoms with Crippen molar-refractivity contribution in [1.82, 2.24) is 10.6 Å². The van der Waals surface area contributed by atoms with Crippen LogP contribution in [0.15, 0.2) is 72.8 Å². The van der Waals surface area contributed by atoms with E-state index in [-0.39, 0.29) is 23.8 Å². The molecule has 0 aliphatic heterocycles. The van der Waals surface area contributed by atoms with Gasteiger partial charge in [0.15, 0.2) is 0 Å². The number of amides is 2. The number of carbonyl (C=O) groups is 3. The summed E-state index contributed by atoms with van der Waals surface area (Å²) in [6.07, 6.45) is 4.91. The van der Waals surface area contributed by atoms with E-state index in [9.17, 15) is 14.4 Å². The summed E-state index contributed by atoms with van der Waals surface area (Å²) in [6, 6.07) is 22.1. The fourth-order valence-electron chi connectivity index (χ4n) is 5.31. The predicted molar refractivity (Wildman–Crippen MR) is 168 cm³/mol. The Morgan fingerprint density at radius 1 is 0.837 bits per heavy atom. The van der Waals surface area contributed by atoms with E-state index in [1.165, 1.54) is 7.11 Å². The monoisotopic (exact) mass is 624 g/mol. The minimum atomic E-state index is -0.778. The number of aryl methyl sites for hydroxylation is 1. The van der Waals surface area contributed by atoms with Gasteiger partial charge >= 0.3 is 5.97 Å². The highest BCUT2D eigenvalue weighted by Crippen LogP contribution is 2.27. The Morgan fingerprint density at radius 2 is 1.53 bits per heavy atom. The zero-order valence-corrected chi connectivity index (χ0v) is 25.8. The second-order valence-electron chi connectivity index (χ2n) is 11.0. The molecular weight excluding hydrogens is 587 g/mol. The van der Waals surface area contributed by atoms with Crippen molar-refractivity contribution < 1.29 is 23.9 Å². The van der Waals surface area contributed by atoms with Crippen LogP contribution in [-0.4, -0.2) is 37.0 Å². The van der Waals surface area contributed by atoms with Gasteiger partial charge in [0.05, 0.1) is 17.2 Å². The number of carbonyl (C=O) groups excluding carboxylic acids is 3. The average Bonchev–Trinajstić information content (AvgIpc) is 3.02. The first-order chi connectivity index (χ1) is 20.8. The Balaban J connectivity index is 1.18. The lowest BCUT2D eigenvalue weighted by Crippen LogP contribution is -2.44. The maximum absolute atomic E-state index is 12.9. The van der Waals surface area contributed by atoms with E-state index < -0.39 is 12.0 Å². The highest BCUT2D eigenvalue weighted by molar-refractivity contribution is 6.42. The first-order valence-corrected chi connectivity index (χ1v) is 15.4. The van der Waals surface area contributed by atoms with Crippen LogP contribution < -0.4 is 15.4 Å². The molecule has 43 heavy (non-hydrogen) atoms. The summed E-state index contributed by atoms with van der Waals surface area (Å²) in [5.41, 5.74) is 2.93. The van der Waals surface area contributed by atoms with Crippen molar-refractivity contribution in [1.29, 1.82) is 0 Å². The molecule has 0 aromatic heterocycles. The summed E-state index contributed by atoms with van der Waals surface area (Å²) in [5, 5.41) is 6.98. The van der Waals surface area contributed by atoms with Gasteiger partial charge in [0, 0.05) is 25.3 Å². The summed E-state index contributed by atoms with van der Waals surface area (Å²) in [5.74, 6) is 0.273. The van der Waals surface area contributed by atoms with Crippen LogP contribution in [-0.2, 0) is 38.6 Å². The molecule has 7 nitrogen and oxygen atoms in total. The van der Waals surface area contributed by atoms with E-state index in [0.29, 0.717) is 42.3 Å². The lowest BCUT2D eigenvalue weighted by Gasteiger charge is -2.29. The fraction of sp³-hybridized carbons (Fsp3) is 0.382. The van der Waals surface area contributed by atoms with Crippen molar-refractivity contribution in [2.45, 2.75) is 70.1 Å². The van der Waals surface area contributed by atoms with Gasteiger partial charge in [0.2, 0.25) is 11.8 Å². The van der Waals surface area contributed by atoms with Gasteiger partial charge in [-0.05, 0) is 79.0 Å². The number of halogens is 2. The first kappa shape index (κ1) is 32.4. The zero-order chi connectivity index (χ0) is 30.6. The van der Waals surface area contributed by atoms with Crippen molar-refractivity contribution in [3.05, 3.63) is 99.5 Å². The molecule has 1 fully saturated rings. The van der Waals surface area contributed by atoms with E-state index in [2.05, 4.69) is 10.6 Å². The second kappa shape index (κ2) is 16.3. The Hall–Kier alpha value is -3.55. The van der Waals surface area contributed by atoms with E-state index in [1.54, 1.807) is 12.1 Å². The molecule has 0 radical (unpaired) electrons. The van der Waals surface area contributed by atoms with Crippen molar-refractivity contribution >= 4 is 41.0 Å². The molecule has 3 aromatic carbocycles. The molecule has 0 bridgehead atoms. The van der Waals surface area contributed by atoms with Gasteiger partial charge in [-0.2, -0.15) is 0 Å². The molecule has 0 heterocycles. The van der Waals surface area contributed by atoms with Gasteiger partial charge in [-0.1, -0.05) is 71.7 Å². The molecule has 2 amide bonds. The van der Waals surface area contributed by atoms with Crippen molar-refractivity contribution in [2.24, 2.45) is 5.92 Å². The van der Waals surface area contributed by atoms with Crippen LogP contribution in [0.4, 0.5) is 0 Å². The molecule has 3 aromatic rings. The maximum Gasteiger partial charge on any atom is 0.328 e. The van der Waals surface area contributed by atoms with E-state index in [0.717, 1.165) is 48.1 Å². The second-order valence-corrected chi connectivity index (χ2v) is 11.8. The number of hydrogen-bond acceptors (Lipinski definition) is 5. The molecule has 0 spiro atoms. The number of benzene rings is 3.